The summed E-state index contributed by atoms with van der Waals surface area (Å²) in [5.41, 5.74) is 0. The Bertz CT molecular complexity index is 1260. The van der Waals surface area contributed by atoms with Gasteiger partial charge < -0.3 is 33.0 Å². The molecule has 326 valence electrons. The van der Waals surface area contributed by atoms with Gasteiger partial charge in [0.25, 0.3) is 7.82 Å². The van der Waals surface area contributed by atoms with Gasteiger partial charge in [-0.05, 0) is 70.6 Å². The predicted octanol–water partition coefficient (Wildman–Crippen LogP) is 10.4. The normalized spacial score (nSPS) is 15.0. The predicted molar refractivity (Wildman–Crippen MR) is 232 cm³/mol. The van der Waals surface area contributed by atoms with E-state index in [2.05, 4.69) is 50.3 Å². The molecule has 0 bridgehead atoms. The van der Waals surface area contributed by atoms with Crippen molar-refractivity contribution in [2.45, 2.75) is 148 Å². The fraction of sp³-hybridized carbons (Fsp3) is 0.652. The molecule has 0 aromatic heterocycles. The van der Waals surface area contributed by atoms with Crippen molar-refractivity contribution in [3.05, 3.63) is 85.1 Å². The van der Waals surface area contributed by atoms with Gasteiger partial charge in [0.05, 0.1) is 33.9 Å². The number of carbonyl (C=O) groups excluding carboxylic acids is 2. The molecule has 0 heterocycles. The van der Waals surface area contributed by atoms with Crippen molar-refractivity contribution in [1.82, 2.24) is 0 Å². The first-order valence-electron chi connectivity index (χ1n) is 21.4. The Kier molecular flexibility index (Phi) is 35.6. The summed E-state index contributed by atoms with van der Waals surface area (Å²) in [6.45, 7) is 3.88. The van der Waals surface area contributed by atoms with Crippen molar-refractivity contribution in [3.8, 4) is 0 Å². The number of phosphoric ester groups is 1. The third kappa shape index (κ3) is 41.1. The van der Waals surface area contributed by atoms with E-state index in [1.807, 2.05) is 63.7 Å². The highest BCUT2D eigenvalue weighted by molar-refractivity contribution is 7.45. The van der Waals surface area contributed by atoms with Crippen molar-refractivity contribution in [2.24, 2.45) is 0 Å². The molecule has 0 amide bonds. The van der Waals surface area contributed by atoms with E-state index < -0.39 is 38.6 Å². The molecule has 10 nitrogen and oxygen atoms in total. The maximum Gasteiger partial charge on any atom is 0.306 e. The largest absolute Gasteiger partial charge is 0.756 e. The van der Waals surface area contributed by atoms with Gasteiger partial charge in [0.1, 0.15) is 19.8 Å². The van der Waals surface area contributed by atoms with Gasteiger partial charge in [-0.2, -0.15) is 0 Å². The first kappa shape index (κ1) is 54.2. The Morgan fingerprint density at radius 1 is 0.667 bits per heavy atom. The van der Waals surface area contributed by atoms with E-state index in [4.69, 9.17) is 18.5 Å². The van der Waals surface area contributed by atoms with E-state index in [0.29, 0.717) is 36.7 Å². The second-order valence-corrected chi connectivity index (χ2v) is 16.6. The quantitative estimate of drug-likeness (QED) is 0.0162. The molecule has 0 fully saturated rings. The summed E-state index contributed by atoms with van der Waals surface area (Å²) < 4.78 is 33.7. The van der Waals surface area contributed by atoms with Gasteiger partial charge in [0.2, 0.25) is 0 Å². The molecule has 3 unspecified atom stereocenters. The molecule has 0 rings (SSSR count). The third-order valence-corrected chi connectivity index (χ3v) is 9.46. The molecule has 0 aliphatic heterocycles. The highest BCUT2D eigenvalue weighted by Gasteiger charge is 2.21. The molecule has 3 atom stereocenters. The van der Waals surface area contributed by atoms with E-state index >= 15 is 0 Å². The summed E-state index contributed by atoms with van der Waals surface area (Å²) in [5, 5.41) is 10.1. The molecule has 11 heteroatoms. The number of likely N-dealkylation sites (N-methyl/N-ethyl adjacent to an activating group) is 1. The van der Waals surface area contributed by atoms with Crippen LogP contribution in [0.25, 0.3) is 0 Å². The molecule has 0 aliphatic rings. The number of hydrogen-bond donors (Lipinski definition) is 1. The van der Waals surface area contributed by atoms with Crippen LogP contribution in [0.4, 0.5) is 0 Å². The Hall–Kier alpha value is -2.85. The summed E-state index contributed by atoms with van der Waals surface area (Å²) in [4.78, 5) is 37.5. The lowest BCUT2D eigenvalue weighted by atomic mass is 10.1. The number of ether oxygens (including phenoxy) is 2. The van der Waals surface area contributed by atoms with Gasteiger partial charge in [-0.15, -0.1) is 0 Å². The second kappa shape index (κ2) is 37.4. The molecule has 0 saturated heterocycles. The molecule has 0 aromatic rings. The first-order valence-corrected chi connectivity index (χ1v) is 22.9. The Labute approximate surface area is 346 Å². The van der Waals surface area contributed by atoms with Crippen LogP contribution in [0.3, 0.4) is 0 Å². The smallest absolute Gasteiger partial charge is 0.306 e. The minimum absolute atomic E-state index is 0.0527. The minimum atomic E-state index is -4.67. The summed E-state index contributed by atoms with van der Waals surface area (Å²) >= 11 is 0. The Balaban J connectivity index is 4.62. The molecule has 0 radical (unpaired) electrons. The van der Waals surface area contributed by atoms with E-state index in [-0.39, 0.29) is 26.1 Å². The zero-order chi connectivity index (χ0) is 42.3. The van der Waals surface area contributed by atoms with E-state index in [1.54, 1.807) is 6.08 Å². The van der Waals surface area contributed by atoms with Crippen molar-refractivity contribution in [2.75, 3.05) is 47.5 Å². The highest BCUT2D eigenvalue weighted by atomic mass is 31.2. The van der Waals surface area contributed by atoms with Crippen LogP contribution >= 0.6 is 7.82 Å². The van der Waals surface area contributed by atoms with Crippen molar-refractivity contribution in [1.29, 1.82) is 0 Å². The summed E-state index contributed by atoms with van der Waals surface area (Å²) in [6.07, 6.45) is 43.6. The summed E-state index contributed by atoms with van der Waals surface area (Å²) in [6, 6.07) is 0. The lowest BCUT2D eigenvalue weighted by Gasteiger charge is -2.28. The molecule has 57 heavy (non-hydrogen) atoms. The standard InChI is InChI=1S/C46H78NO9P/c1-6-8-10-12-14-16-18-19-20-22-24-29-33-37-45(49)53-41-44(42-55-57(51,52)54-40-39-47(3,4)5)56-46(50)38-34-30-26-25-28-32-36-43(48)35-31-27-23-21-17-15-13-11-9-7-2/h9,11,15-18,23,26-28,30-32,35,43-44,48H,6-8,10,12-14,19-22,24-25,29,33-34,36-42H2,1-5H3/b11-9-,17-15-,18-16-,27-23-,30-26-,32-28-,35-31+. The monoisotopic (exact) mass is 820 g/mol. The zero-order valence-corrected chi connectivity index (χ0v) is 37.0. The summed E-state index contributed by atoms with van der Waals surface area (Å²) in [5.74, 6) is -1.00. The topological polar surface area (TPSA) is 131 Å². The van der Waals surface area contributed by atoms with Crippen molar-refractivity contribution < 1.29 is 47.2 Å². The molecule has 1 N–H and O–H groups in total. The van der Waals surface area contributed by atoms with Gasteiger partial charge in [0, 0.05) is 12.8 Å². The average molecular weight is 820 g/mol. The molecular formula is C46H78NO9P. The molecular weight excluding hydrogens is 741 g/mol. The maximum absolute atomic E-state index is 12.6. The zero-order valence-electron chi connectivity index (χ0n) is 36.1. The van der Waals surface area contributed by atoms with Gasteiger partial charge >= 0.3 is 11.9 Å². The number of aliphatic hydroxyl groups is 1. The van der Waals surface area contributed by atoms with Gasteiger partial charge in [0.15, 0.2) is 6.10 Å². The van der Waals surface area contributed by atoms with E-state index in [0.717, 1.165) is 57.8 Å². The van der Waals surface area contributed by atoms with Crippen LogP contribution in [0.1, 0.15) is 136 Å². The molecule has 0 saturated carbocycles. The SMILES string of the molecule is CC/C=C\C/C=C\C/C=C\C=C\C(O)C/C=C\C/C=C\CCC(=O)OC(COC(=O)CCCCCCC/C=C\CCCCCC)COP(=O)([O-])OCC[N+](C)(C)C. The fourth-order valence-electron chi connectivity index (χ4n) is 5.11. The number of hydrogen-bond acceptors (Lipinski definition) is 9. The van der Waals surface area contributed by atoms with Gasteiger partial charge in [-0.1, -0.05) is 137 Å². The number of esters is 2. The second-order valence-electron chi connectivity index (χ2n) is 15.2. The molecule has 0 spiro atoms. The first-order chi connectivity index (χ1) is 27.4. The number of allylic oxidation sites excluding steroid dienone is 12. The van der Waals surface area contributed by atoms with Crippen LogP contribution in [0.5, 0.6) is 0 Å². The van der Waals surface area contributed by atoms with Gasteiger partial charge in [-0.25, -0.2) is 0 Å². The van der Waals surface area contributed by atoms with Gasteiger partial charge in [-0.3, -0.25) is 14.2 Å². The van der Waals surface area contributed by atoms with E-state index in [1.165, 1.54) is 25.7 Å². The highest BCUT2D eigenvalue weighted by Crippen LogP contribution is 2.38. The fourth-order valence-corrected chi connectivity index (χ4v) is 5.84. The number of quaternary nitrogens is 1. The van der Waals surface area contributed by atoms with Crippen molar-refractivity contribution >= 4 is 19.8 Å². The van der Waals surface area contributed by atoms with Crippen LogP contribution < -0.4 is 4.89 Å². The van der Waals surface area contributed by atoms with Crippen LogP contribution in [-0.4, -0.2) is 81.2 Å². The van der Waals surface area contributed by atoms with Crippen LogP contribution in [0.2, 0.25) is 0 Å². The summed E-state index contributed by atoms with van der Waals surface area (Å²) in [7, 11) is 1.05. The maximum atomic E-state index is 12.6. The molecule has 0 aliphatic carbocycles. The van der Waals surface area contributed by atoms with Crippen LogP contribution in [0, 0.1) is 0 Å². The van der Waals surface area contributed by atoms with Crippen LogP contribution in [0.15, 0.2) is 85.1 Å². The number of nitrogens with zero attached hydrogens (tertiary/aromatic N) is 1. The third-order valence-electron chi connectivity index (χ3n) is 8.49. The van der Waals surface area contributed by atoms with E-state index in [9.17, 15) is 24.2 Å². The number of rotatable bonds is 37. The van der Waals surface area contributed by atoms with Crippen LogP contribution in [-0.2, 0) is 32.7 Å². The molecule has 0 aromatic carbocycles. The lowest BCUT2D eigenvalue weighted by Crippen LogP contribution is -2.37. The number of unbranched alkanes of at least 4 members (excludes halogenated alkanes) is 9. The number of aliphatic hydroxyl groups excluding tert-OH is 1. The Morgan fingerprint density at radius 3 is 1.95 bits per heavy atom. The lowest BCUT2D eigenvalue weighted by molar-refractivity contribution is -0.870. The minimum Gasteiger partial charge on any atom is -0.756 e. The average Bonchev–Trinajstić information content (AvgIpc) is 3.15. The number of phosphoric acid groups is 1. The Morgan fingerprint density at radius 2 is 1.26 bits per heavy atom. The number of carbonyl (C=O) groups is 2. The van der Waals surface area contributed by atoms with Crippen molar-refractivity contribution in [3.63, 3.8) is 0 Å².